The van der Waals surface area contributed by atoms with Crippen LogP contribution in [0.2, 0.25) is 0 Å². The number of aromatic nitrogens is 1. The summed E-state index contributed by atoms with van der Waals surface area (Å²) in [5.74, 6) is 1.10. The van der Waals surface area contributed by atoms with Gasteiger partial charge in [-0.15, -0.1) is 0 Å². The maximum Gasteiger partial charge on any atom is 0.416 e. The van der Waals surface area contributed by atoms with Crippen LogP contribution in [0.5, 0.6) is 5.75 Å². The molecule has 0 saturated carbocycles. The molecule has 7 nitrogen and oxygen atoms in total. The molecule has 3 aromatic carbocycles. The summed E-state index contributed by atoms with van der Waals surface area (Å²) in [5.41, 5.74) is 2.69. The number of carbonyl (C=O) groups excluding carboxylic acids is 1. The average Bonchev–Trinajstić information content (AvgIpc) is 3.41. The minimum absolute atomic E-state index is 0.310. The number of fused-ring (bicyclic) bond motifs is 1. The highest BCUT2D eigenvalue weighted by Gasteiger charge is 2.35. The molecule has 0 N–H and O–H groups in total. The Labute approximate surface area is 185 Å². The lowest BCUT2D eigenvalue weighted by molar-refractivity contribution is 0.0381. The summed E-state index contributed by atoms with van der Waals surface area (Å²) < 4.78 is 22.5. The molecule has 1 aromatic heterocycles. The molecule has 0 bridgehead atoms. The molecule has 0 aliphatic carbocycles. The molecule has 1 saturated heterocycles. The van der Waals surface area contributed by atoms with Crippen molar-refractivity contribution in [1.82, 2.24) is 5.16 Å². The second-order valence-corrected chi connectivity index (χ2v) is 7.56. The number of cyclic esters (lactones) is 1. The zero-order valence-corrected chi connectivity index (χ0v) is 17.3. The van der Waals surface area contributed by atoms with Gasteiger partial charge in [0.1, 0.15) is 18.5 Å². The van der Waals surface area contributed by atoms with Crippen molar-refractivity contribution >= 4 is 22.9 Å². The van der Waals surface area contributed by atoms with Crippen molar-refractivity contribution in [3.8, 4) is 5.75 Å². The Hall–Kier alpha value is -3.84. The summed E-state index contributed by atoms with van der Waals surface area (Å²) in [6.45, 7) is 1.58. The Kier molecular flexibility index (Phi) is 5.72. The van der Waals surface area contributed by atoms with E-state index in [0.29, 0.717) is 43.5 Å². The molecule has 1 atom stereocenters. The lowest BCUT2D eigenvalue weighted by atomic mass is 10.2. The second kappa shape index (κ2) is 9.11. The Balaban J connectivity index is 1.21. The van der Waals surface area contributed by atoms with Gasteiger partial charge in [-0.1, -0.05) is 65.8 Å². The SMILES string of the molecule is O=C1OC(COCc2ccccc2)CN1c1noc2cc(OCc3ccccc3)ccc12. The summed E-state index contributed by atoms with van der Waals surface area (Å²) in [7, 11) is 0. The van der Waals surface area contributed by atoms with Crippen molar-refractivity contribution in [2.45, 2.75) is 19.3 Å². The summed E-state index contributed by atoms with van der Waals surface area (Å²) in [5, 5.41) is 4.83. The number of amides is 1. The van der Waals surface area contributed by atoms with Gasteiger partial charge in [0.15, 0.2) is 11.4 Å². The zero-order chi connectivity index (χ0) is 21.8. The molecule has 1 fully saturated rings. The van der Waals surface area contributed by atoms with Crippen molar-refractivity contribution in [1.29, 1.82) is 0 Å². The van der Waals surface area contributed by atoms with Crippen molar-refractivity contribution in [3.63, 3.8) is 0 Å². The predicted molar refractivity (Wildman–Crippen MR) is 118 cm³/mol. The number of anilines is 1. The molecule has 0 radical (unpaired) electrons. The van der Waals surface area contributed by atoms with Crippen LogP contribution in [0.25, 0.3) is 11.0 Å². The Morgan fingerprint density at radius 2 is 1.66 bits per heavy atom. The molecule has 2 heterocycles. The summed E-state index contributed by atoms with van der Waals surface area (Å²) in [6, 6.07) is 25.2. The van der Waals surface area contributed by atoms with E-state index in [-0.39, 0.29) is 6.10 Å². The van der Waals surface area contributed by atoms with Crippen molar-refractivity contribution in [2.24, 2.45) is 0 Å². The Morgan fingerprint density at radius 3 is 2.41 bits per heavy atom. The molecule has 32 heavy (non-hydrogen) atoms. The van der Waals surface area contributed by atoms with E-state index >= 15 is 0 Å². The first-order chi connectivity index (χ1) is 15.8. The van der Waals surface area contributed by atoms with E-state index < -0.39 is 6.09 Å². The lowest BCUT2D eigenvalue weighted by Crippen LogP contribution is -2.26. The summed E-state index contributed by atoms with van der Waals surface area (Å²) in [4.78, 5) is 13.9. The number of hydrogen-bond donors (Lipinski definition) is 0. The molecule has 0 spiro atoms. The number of hydrogen-bond acceptors (Lipinski definition) is 6. The van der Waals surface area contributed by atoms with E-state index in [4.69, 9.17) is 18.7 Å². The van der Waals surface area contributed by atoms with E-state index in [1.54, 1.807) is 6.07 Å². The van der Waals surface area contributed by atoms with Crippen LogP contribution >= 0.6 is 0 Å². The number of carbonyl (C=O) groups is 1. The van der Waals surface area contributed by atoms with Crippen molar-refractivity contribution in [2.75, 3.05) is 18.1 Å². The molecule has 4 aromatic rings. The number of nitrogens with zero attached hydrogens (tertiary/aromatic N) is 2. The molecule has 1 unspecified atom stereocenters. The minimum Gasteiger partial charge on any atom is -0.489 e. The molecular formula is C25H22N2O5. The Morgan fingerprint density at radius 1 is 0.938 bits per heavy atom. The van der Waals surface area contributed by atoms with E-state index in [2.05, 4.69) is 5.16 Å². The molecule has 1 aliphatic heterocycles. The van der Waals surface area contributed by atoms with Crippen LogP contribution in [-0.4, -0.2) is 30.5 Å². The molecule has 1 aliphatic rings. The van der Waals surface area contributed by atoms with Gasteiger partial charge in [-0.3, -0.25) is 4.90 Å². The van der Waals surface area contributed by atoms with E-state index in [1.165, 1.54) is 4.90 Å². The van der Waals surface area contributed by atoms with Crippen molar-refractivity contribution in [3.05, 3.63) is 90.0 Å². The van der Waals surface area contributed by atoms with Gasteiger partial charge in [0.25, 0.3) is 0 Å². The summed E-state index contributed by atoms with van der Waals surface area (Å²) >= 11 is 0. The van der Waals surface area contributed by atoms with Crippen LogP contribution in [-0.2, 0) is 22.7 Å². The smallest absolute Gasteiger partial charge is 0.416 e. The van der Waals surface area contributed by atoms with Crippen LogP contribution in [0.4, 0.5) is 10.6 Å². The van der Waals surface area contributed by atoms with Crippen LogP contribution in [0.1, 0.15) is 11.1 Å². The van der Waals surface area contributed by atoms with E-state index in [0.717, 1.165) is 16.5 Å². The number of rotatable bonds is 8. The van der Waals surface area contributed by atoms with Crippen LogP contribution < -0.4 is 9.64 Å². The quantitative estimate of drug-likeness (QED) is 0.394. The number of benzene rings is 3. The third-order valence-corrected chi connectivity index (χ3v) is 5.22. The van der Waals surface area contributed by atoms with Gasteiger partial charge in [-0.05, 0) is 23.3 Å². The first-order valence-corrected chi connectivity index (χ1v) is 10.4. The molecule has 7 heteroatoms. The fourth-order valence-electron chi connectivity index (χ4n) is 3.59. The van der Waals surface area contributed by atoms with Crippen LogP contribution in [0.3, 0.4) is 0 Å². The van der Waals surface area contributed by atoms with Crippen LogP contribution in [0.15, 0.2) is 83.4 Å². The van der Waals surface area contributed by atoms with Gasteiger partial charge >= 0.3 is 6.09 Å². The normalized spacial score (nSPS) is 15.8. The number of ether oxygens (including phenoxy) is 3. The Bertz CT molecular complexity index is 1190. The topological polar surface area (TPSA) is 74.0 Å². The fraction of sp³-hybridized carbons (Fsp3) is 0.200. The van der Waals surface area contributed by atoms with Gasteiger partial charge < -0.3 is 18.7 Å². The highest BCUT2D eigenvalue weighted by Crippen LogP contribution is 2.32. The first-order valence-electron chi connectivity index (χ1n) is 10.4. The third-order valence-electron chi connectivity index (χ3n) is 5.22. The molecule has 1 amide bonds. The van der Waals surface area contributed by atoms with Gasteiger partial charge in [-0.2, -0.15) is 0 Å². The van der Waals surface area contributed by atoms with Gasteiger partial charge in [0.05, 0.1) is 25.1 Å². The fourth-order valence-corrected chi connectivity index (χ4v) is 3.59. The largest absolute Gasteiger partial charge is 0.489 e. The standard InChI is InChI=1S/C25H22N2O5/c28-25-27(14-21(31-25)17-29-15-18-7-3-1-4-8-18)24-22-12-11-20(13-23(22)32-26-24)30-16-19-9-5-2-6-10-19/h1-13,21H,14-17H2. The maximum absolute atomic E-state index is 12.4. The average molecular weight is 430 g/mol. The molecule has 162 valence electrons. The van der Waals surface area contributed by atoms with Gasteiger partial charge in [0.2, 0.25) is 0 Å². The highest BCUT2D eigenvalue weighted by atomic mass is 16.6. The van der Waals surface area contributed by atoms with Crippen molar-refractivity contribution < 1.29 is 23.5 Å². The van der Waals surface area contributed by atoms with E-state index in [9.17, 15) is 4.79 Å². The van der Waals surface area contributed by atoms with Gasteiger partial charge in [0, 0.05) is 6.07 Å². The van der Waals surface area contributed by atoms with Crippen LogP contribution in [0, 0.1) is 0 Å². The van der Waals surface area contributed by atoms with E-state index in [1.807, 2.05) is 72.8 Å². The zero-order valence-electron chi connectivity index (χ0n) is 17.3. The monoisotopic (exact) mass is 430 g/mol. The van der Waals surface area contributed by atoms with Gasteiger partial charge in [-0.25, -0.2) is 4.79 Å². The lowest BCUT2D eigenvalue weighted by Gasteiger charge is -2.10. The maximum atomic E-state index is 12.4. The predicted octanol–water partition coefficient (Wildman–Crippen LogP) is 4.95. The molecular weight excluding hydrogens is 408 g/mol. The molecule has 5 rings (SSSR count). The highest BCUT2D eigenvalue weighted by molar-refractivity contribution is 5.99. The third kappa shape index (κ3) is 4.43. The minimum atomic E-state index is -0.460. The second-order valence-electron chi connectivity index (χ2n) is 7.56. The summed E-state index contributed by atoms with van der Waals surface area (Å²) in [6.07, 6.45) is -0.829. The first kappa shape index (κ1) is 20.1.